The van der Waals surface area contributed by atoms with Crippen LogP contribution in [0.2, 0.25) is 0 Å². The summed E-state index contributed by atoms with van der Waals surface area (Å²) in [6.45, 7) is 3.15. The molecule has 0 saturated heterocycles. The second-order valence-electron chi connectivity index (χ2n) is 5.42. The second kappa shape index (κ2) is 8.68. The van der Waals surface area contributed by atoms with E-state index in [2.05, 4.69) is 15.6 Å². The molecule has 0 aliphatic rings. The van der Waals surface area contributed by atoms with Gasteiger partial charge in [0, 0.05) is 13.0 Å². The maximum absolute atomic E-state index is 12.0. The molecule has 2 rings (SSSR count). The Morgan fingerprint density at radius 3 is 2.68 bits per heavy atom. The monoisotopic (exact) mass is 343 g/mol. The molecule has 0 radical (unpaired) electrons. The minimum atomic E-state index is -0.261. The number of hydrogen-bond acceptors (Lipinski definition) is 5. The predicted octanol–water partition coefficient (Wildman–Crippen LogP) is 2.30. The summed E-state index contributed by atoms with van der Waals surface area (Å²) in [6.07, 6.45) is 1.47. The Labute approximate surface area is 146 Å². The number of nitrogens with one attached hydrogen (secondary N) is 2. The van der Waals surface area contributed by atoms with Gasteiger partial charge < -0.3 is 20.1 Å². The molecule has 0 aliphatic heterocycles. The molecule has 0 fully saturated rings. The van der Waals surface area contributed by atoms with Crippen LogP contribution >= 0.6 is 0 Å². The lowest BCUT2D eigenvalue weighted by Crippen LogP contribution is -2.31. The highest BCUT2D eigenvalue weighted by Gasteiger charge is 2.11. The first-order valence-electron chi connectivity index (χ1n) is 7.77. The Morgan fingerprint density at radius 1 is 1.24 bits per heavy atom. The Morgan fingerprint density at radius 2 is 2.04 bits per heavy atom. The summed E-state index contributed by atoms with van der Waals surface area (Å²) < 4.78 is 10.5. The molecule has 2 aromatic rings. The highest BCUT2D eigenvalue weighted by atomic mass is 16.5. The van der Waals surface area contributed by atoms with Crippen molar-refractivity contribution >= 4 is 17.5 Å². The molecule has 0 bridgehead atoms. The van der Waals surface area contributed by atoms with E-state index in [1.165, 1.54) is 13.1 Å². The zero-order valence-electron chi connectivity index (χ0n) is 14.4. The summed E-state index contributed by atoms with van der Waals surface area (Å²) in [6, 6.07) is 10.6. The third kappa shape index (κ3) is 5.80. The SMILES string of the molecule is COc1cccc([C@@H](C)NC(=O)COc2ccc(NC(C)=O)cn2)c1. The molecular weight excluding hydrogens is 322 g/mol. The molecule has 0 saturated carbocycles. The maximum Gasteiger partial charge on any atom is 0.258 e. The fraction of sp³-hybridized carbons (Fsp3) is 0.278. The minimum absolute atomic E-state index is 0.152. The minimum Gasteiger partial charge on any atom is -0.497 e. The summed E-state index contributed by atoms with van der Waals surface area (Å²) >= 11 is 0. The quantitative estimate of drug-likeness (QED) is 0.805. The number of nitrogens with zero attached hydrogens (tertiary/aromatic N) is 1. The van der Waals surface area contributed by atoms with Gasteiger partial charge in [-0.25, -0.2) is 4.98 Å². The summed E-state index contributed by atoms with van der Waals surface area (Å²) in [4.78, 5) is 27.0. The van der Waals surface area contributed by atoms with Gasteiger partial charge in [-0.1, -0.05) is 12.1 Å². The Kier molecular flexibility index (Phi) is 6.33. The van der Waals surface area contributed by atoms with Gasteiger partial charge in [0.25, 0.3) is 5.91 Å². The first-order valence-corrected chi connectivity index (χ1v) is 7.77. The number of ether oxygens (including phenoxy) is 2. The van der Waals surface area contributed by atoms with Gasteiger partial charge in [-0.05, 0) is 30.7 Å². The first kappa shape index (κ1) is 18.3. The van der Waals surface area contributed by atoms with Crippen LogP contribution in [0, 0.1) is 0 Å². The smallest absolute Gasteiger partial charge is 0.258 e. The molecule has 25 heavy (non-hydrogen) atoms. The molecule has 0 spiro atoms. The molecule has 132 valence electrons. The summed E-state index contributed by atoms with van der Waals surface area (Å²) in [7, 11) is 1.60. The molecule has 7 nitrogen and oxygen atoms in total. The highest BCUT2D eigenvalue weighted by Crippen LogP contribution is 2.18. The Bertz CT molecular complexity index is 731. The van der Waals surface area contributed by atoms with Crippen LogP contribution in [0.15, 0.2) is 42.6 Å². The Hall–Kier alpha value is -3.09. The van der Waals surface area contributed by atoms with E-state index in [9.17, 15) is 9.59 Å². The van der Waals surface area contributed by atoms with Crippen molar-refractivity contribution in [3.05, 3.63) is 48.2 Å². The second-order valence-corrected chi connectivity index (χ2v) is 5.42. The van der Waals surface area contributed by atoms with Crippen molar-refractivity contribution in [2.24, 2.45) is 0 Å². The van der Waals surface area contributed by atoms with Crippen molar-refractivity contribution < 1.29 is 19.1 Å². The van der Waals surface area contributed by atoms with Crippen LogP contribution in [0.4, 0.5) is 5.69 Å². The zero-order chi connectivity index (χ0) is 18.2. The lowest BCUT2D eigenvalue weighted by atomic mass is 10.1. The molecule has 2 amide bonds. The van der Waals surface area contributed by atoms with E-state index in [4.69, 9.17) is 9.47 Å². The number of anilines is 1. The molecule has 2 N–H and O–H groups in total. The van der Waals surface area contributed by atoms with Gasteiger partial charge in [-0.15, -0.1) is 0 Å². The van der Waals surface area contributed by atoms with Gasteiger partial charge in [-0.2, -0.15) is 0 Å². The van der Waals surface area contributed by atoms with Crippen LogP contribution in [-0.4, -0.2) is 30.5 Å². The third-order valence-electron chi connectivity index (χ3n) is 3.38. The van der Waals surface area contributed by atoms with E-state index < -0.39 is 0 Å². The van der Waals surface area contributed by atoms with Crippen LogP contribution in [0.25, 0.3) is 0 Å². The van der Waals surface area contributed by atoms with Gasteiger partial charge >= 0.3 is 0 Å². The number of carbonyl (C=O) groups excluding carboxylic acids is 2. The number of aromatic nitrogens is 1. The van der Waals surface area contributed by atoms with E-state index >= 15 is 0 Å². The van der Waals surface area contributed by atoms with Crippen LogP contribution in [0.5, 0.6) is 11.6 Å². The molecule has 1 atom stereocenters. The highest BCUT2D eigenvalue weighted by molar-refractivity contribution is 5.88. The van der Waals surface area contributed by atoms with Crippen molar-refractivity contribution in [1.29, 1.82) is 0 Å². The number of pyridine rings is 1. The Balaban J connectivity index is 1.84. The van der Waals surface area contributed by atoms with Crippen molar-refractivity contribution in [3.63, 3.8) is 0 Å². The average Bonchev–Trinajstić information content (AvgIpc) is 2.60. The van der Waals surface area contributed by atoms with Crippen LogP contribution < -0.4 is 20.1 Å². The summed E-state index contributed by atoms with van der Waals surface area (Å²) in [5.41, 5.74) is 1.50. The first-order chi connectivity index (χ1) is 12.0. The van der Waals surface area contributed by atoms with Crippen molar-refractivity contribution in [2.45, 2.75) is 19.9 Å². The van der Waals surface area contributed by atoms with E-state index in [1.807, 2.05) is 31.2 Å². The fourth-order valence-corrected chi connectivity index (χ4v) is 2.16. The van der Waals surface area contributed by atoms with Crippen LogP contribution in [-0.2, 0) is 9.59 Å². The largest absolute Gasteiger partial charge is 0.497 e. The van der Waals surface area contributed by atoms with Gasteiger partial charge in [0.05, 0.1) is 25.0 Å². The normalized spacial score (nSPS) is 11.3. The third-order valence-corrected chi connectivity index (χ3v) is 3.38. The lowest BCUT2D eigenvalue weighted by Gasteiger charge is -2.15. The van der Waals surface area contributed by atoms with Crippen molar-refractivity contribution in [3.8, 4) is 11.6 Å². The van der Waals surface area contributed by atoms with Crippen LogP contribution in [0.3, 0.4) is 0 Å². The number of benzene rings is 1. The summed E-state index contributed by atoms with van der Waals surface area (Å²) in [5, 5.41) is 5.45. The summed E-state index contributed by atoms with van der Waals surface area (Å²) in [5.74, 6) is 0.598. The molecule has 1 heterocycles. The molecule has 1 aromatic heterocycles. The number of methoxy groups -OCH3 is 1. The average molecular weight is 343 g/mol. The molecule has 0 aliphatic carbocycles. The number of hydrogen-bond donors (Lipinski definition) is 2. The van der Waals surface area contributed by atoms with Crippen molar-refractivity contribution in [1.82, 2.24) is 10.3 Å². The van der Waals surface area contributed by atoms with Crippen molar-refractivity contribution in [2.75, 3.05) is 19.0 Å². The van der Waals surface area contributed by atoms with E-state index in [0.29, 0.717) is 11.6 Å². The lowest BCUT2D eigenvalue weighted by molar-refractivity contribution is -0.123. The zero-order valence-corrected chi connectivity index (χ0v) is 14.4. The maximum atomic E-state index is 12.0. The predicted molar refractivity (Wildman–Crippen MR) is 93.6 cm³/mol. The van der Waals surface area contributed by atoms with E-state index in [1.54, 1.807) is 19.2 Å². The molecule has 1 aromatic carbocycles. The molecular formula is C18H21N3O4. The number of rotatable bonds is 7. The van der Waals surface area contributed by atoms with Gasteiger partial charge in [-0.3, -0.25) is 9.59 Å². The van der Waals surface area contributed by atoms with Gasteiger partial charge in [0.2, 0.25) is 11.8 Å². The van der Waals surface area contributed by atoms with Gasteiger partial charge in [0.1, 0.15) is 5.75 Å². The van der Waals surface area contributed by atoms with E-state index in [0.717, 1.165) is 11.3 Å². The topological polar surface area (TPSA) is 89.5 Å². The van der Waals surface area contributed by atoms with Crippen LogP contribution in [0.1, 0.15) is 25.5 Å². The number of amides is 2. The molecule has 0 unspecified atom stereocenters. The standard InChI is InChI=1S/C18H21N3O4/c1-12(14-5-4-6-16(9-14)24-3)20-17(23)11-25-18-8-7-15(10-19-18)21-13(2)22/h4-10,12H,11H2,1-3H3,(H,20,23)(H,21,22)/t12-/m1/s1. The molecule has 7 heteroatoms. The fourth-order valence-electron chi connectivity index (χ4n) is 2.16. The van der Waals surface area contributed by atoms with E-state index in [-0.39, 0.29) is 24.5 Å². The number of carbonyl (C=O) groups is 2. The van der Waals surface area contributed by atoms with Gasteiger partial charge in [0.15, 0.2) is 6.61 Å².